The molecular formula is C24H31N5O5. The van der Waals surface area contributed by atoms with Crippen molar-refractivity contribution in [1.29, 1.82) is 0 Å². The van der Waals surface area contributed by atoms with Gasteiger partial charge in [-0.05, 0) is 52.5 Å². The van der Waals surface area contributed by atoms with Crippen molar-refractivity contribution >= 4 is 34.4 Å². The van der Waals surface area contributed by atoms with Gasteiger partial charge in [-0.15, -0.1) is 0 Å². The largest absolute Gasteiger partial charge is 0.474 e. The summed E-state index contributed by atoms with van der Waals surface area (Å²) in [6.45, 7) is 8.17. The number of aliphatic imine (C=N–C) groups is 1. The molecule has 2 aromatic heterocycles. The second kappa shape index (κ2) is 9.92. The predicted octanol–water partition coefficient (Wildman–Crippen LogP) is 3.26. The number of nitrogens with two attached hydrogens (primary N) is 1. The molecule has 2 aliphatic rings. The Morgan fingerprint density at radius 1 is 1.18 bits per heavy atom. The maximum atomic E-state index is 12.0. The van der Waals surface area contributed by atoms with Crippen molar-refractivity contribution in [3.05, 3.63) is 23.9 Å². The zero-order valence-corrected chi connectivity index (χ0v) is 19.9. The molecule has 10 nitrogen and oxygen atoms in total. The van der Waals surface area contributed by atoms with Gasteiger partial charge in [-0.25, -0.2) is 4.79 Å². The number of fused-ring (bicyclic) bond motifs is 1. The quantitative estimate of drug-likeness (QED) is 0.722. The Morgan fingerprint density at radius 2 is 1.88 bits per heavy atom. The highest BCUT2D eigenvalue weighted by atomic mass is 16.6. The first-order valence-corrected chi connectivity index (χ1v) is 11.6. The molecule has 2 amide bonds. The summed E-state index contributed by atoms with van der Waals surface area (Å²) in [6.07, 6.45) is 3.46. The van der Waals surface area contributed by atoms with Crippen LogP contribution in [-0.4, -0.2) is 65.7 Å². The average Bonchev–Trinajstić information content (AvgIpc) is 2.79. The van der Waals surface area contributed by atoms with Crippen molar-refractivity contribution < 1.29 is 23.8 Å². The summed E-state index contributed by atoms with van der Waals surface area (Å²) in [6, 6.07) is 3.57. The fourth-order valence-corrected chi connectivity index (χ4v) is 3.99. The summed E-state index contributed by atoms with van der Waals surface area (Å²) in [5.41, 5.74) is 6.69. The number of aromatic nitrogens is 2. The van der Waals surface area contributed by atoms with Gasteiger partial charge in [0.2, 0.25) is 11.8 Å². The molecule has 4 rings (SSSR count). The minimum absolute atomic E-state index is 0.106. The topological polar surface area (TPSA) is 129 Å². The van der Waals surface area contributed by atoms with Crippen LogP contribution in [0.4, 0.5) is 10.6 Å². The van der Waals surface area contributed by atoms with E-state index in [1.165, 1.54) is 6.20 Å². The van der Waals surface area contributed by atoms with Gasteiger partial charge in [0.1, 0.15) is 17.5 Å². The van der Waals surface area contributed by atoms with E-state index >= 15 is 0 Å². The summed E-state index contributed by atoms with van der Waals surface area (Å²) >= 11 is 0. The number of carbonyl (C=O) groups excluding carboxylic acids is 2. The van der Waals surface area contributed by atoms with Gasteiger partial charge in [-0.1, -0.05) is 0 Å². The van der Waals surface area contributed by atoms with Crippen LogP contribution >= 0.6 is 0 Å². The van der Waals surface area contributed by atoms with Crippen LogP contribution in [0.3, 0.4) is 0 Å². The standard InChI is InChI=1S/C24H31N5O5/c1-24(2,3)34-23(31)27-16-4-6-17(7-5-16)33-22-18-12-15(21(25)30)14-26-19(18)13-20(28-22)29-8-10-32-11-9-29/h12-14,17H,4-11H2,1-3H3,(H2,25,30). The Balaban J connectivity index is 1.54. The predicted molar refractivity (Wildman–Crippen MR) is 128 cm³/mol. The SMILES string of the molecule is CC(C)(C)OC(=O)N=C1CCC(Oc2nc(N3CCOCC3)cc3ncc(C(N)=O)cc23)CC1. The van der Waals surface area contributed by atoms with Gasteiger partial charge in [-0.3, -0.25) is 9.78 Å². The van der Waals surface area contributed by atoms with Crippen LogP contribution in [0.1, 0.15) is 56.8 Å². The van der Waals surface area contributed by atoms with Crippen LogP contribution in [0, 0.1) is 0 Å². The van der Waals surface area contributed by atoms with Crippen molar-refractivity contribution in [2.24, 2.45) is 10.7 Å². The van der Waals surface area contributed by atoms with Crippen LogP contribution in [0.15, 0.2) is 23.3 Å². The Morgan fingerprint density at radius 3 is 2.53 bits per heavy atom. The molecule has 0 spiro atoms. The molecule has 182 valence electrons. The average molecular weight is 470 g/mol. The normalized spacial score (nSPS) is 19.1. The van der Waals surface area contributed by atoms with Gasteiger partial charge < -0.3 is 24.8 Å². The van der Waals surface area contributed by atoms with Crippen LogP contribution in [0.25, 0.3) is 10.9 Å². The third-order valence-electron chi connectivity index (χ3n) is 5.68. The minimum Gasteiger partial charge on any atom is -0.474 e. The van der Waals surface area contributed by atoms with Crippen LogP contribution in [0.5, 0.6) is 5.88 Å². The van der Waals surface area contributed by atoms with E-state index in [1.807, 2.05) is 26.8 Å². The summed E-state index contributed by atoms with van der Waals surface area (Å²) < 4.78 is 17.1. The molecule has 1 saturated carbocycles. The number of primary amides is 1. The van der Waals surface area contributed by atoms with E-state index in [2.05, 4.69) is 14.9 Å². The van der Waals surface area contributed by atoms with Crippen molar-refractivity contribution in [3.8, 4) is 5.88 Å². The molecule has 0 aromatic carbocycles. The number of pyridine rings is 2. The number of hydrogen-bond donors (Lipinski definition) is 1. The lowest BCUT2D eigenvalue weighted by atomic mass is 9.95. The molecule has 2 aromatic rings. The Kier molecular flexibility index (Phi) is 6.97. The Bertz CT molecular complexity index is 1090. The monoisotopic (exact) mass is 469 g/mol. The number of carbonyl (C=O) groups is 2. The second-order valence-electron chi connectivity index (χ2n) is 9.52. The van der Waals surface area contributed by atoms with E-state index in [0.717, 1.165) is 24.6 Å². The van der Waals surface area contributed by atoms with E-state index in [-0.39, 0.29) is 6.10 Å². The zero-order chi connectivity index (χ0) is 24.3. The summed E-state index contributed by atoms with van der Waals surface area (Å²) in [5, 5.41) is 0.640. The van der Waals surface area contributed by atoms with E-state index < -0.39 is 17.6 Å². The molecular weight excluding hydrogens is 438 g/mol. The Labute approximate surface area is 198 Å². The maximum Gasteiger partial charge on any atom is 0.434 e. The Hall–Kier alpha value is -3.27. The van der Waals surface area contributed by atoms with Crippen molar-refractivity contribution in [3.63, 3.8) is 0 Å². The van der Waals surface area contributed by atoms with Crippen LogP contribution in [0.2, 0.25) is 0 Å². The fraction of sp³-hybridized carbons (Fsp3) is 0.542. The first-order valence-electron chi connectivity index (χ1n) is 11.6. The zero-order valence-electron chi connectivity index (χ0n) is 19.9. The van der Waals surface area contributed by atoms with Crippen molar-refractivity contribution in [2.45, 2.75) is 58.2 Å². The van der Waals surface area contributed by atoms with E-state index in [1.54, 1.807) is 6.07 Å². The molecule has 1 aliphatic carbocycles. The number of rotatable bonds is 4. The maximum absolute atomic E-state index is 12.0. The third-order valence-corrected chi connectivity index (χ3v) is 5.68. The van der Waals surface area contributed by atoms with Gasteiger partial charge in [0.25, 0.3) is 0 Å². The summed E-state index contributed by atoms with van der Waals surface area (Å²) in [4.78, 5) is 39.2. The van der Waals surface area contributed by atoms with Gasteiger partial charge in [-0.2, -0.15) is 9.98 Å². The number of nitrogens with zero attached hydrogens (tertiary/aromatic N) is 4. The molecule has 10 heteroatoms. The molecule has 34 heavy (non-hydrogen) atoms. The molecule has 0 unspecified atom stereocenters. The second-order valence-corrected chi connectivity index (χ2v) is 9.52. The smallest absolute Gasteiger partial charge is 0.434 e. The lowest BCUT2D eigenvalue weighted by Crippen LogP contribution is -2.36. The number of morpholine rings is 1. The number of ether oxygens (including phenoxy) is 3. The number of amides is 2. The molecule has 0 bridgehead atoms. The number of hydrogen-bond acceptors (Lipinski definition) is 8. The molecule has 1 saturated heterocycles. The highest BCUT2D eigenvalue weighted by Crippen LogP contribution is 2.31. The first-order chi connectivity index (χ1) is 16.2. The first kappa shape index (κ1) is 23.9. The summed E-state index contributed by atoms with van der Waals surface area (Å²) in [5.74, 6) is 0.624. The molecule has 3 heterocycles. The van der Waals surface area contributed by atoms with E-state index in [0.29, 0.717) is 61.2 Å². The molecule has 0 radical (unpaired) electrons. The lowest BCUT2D eigenvalue weighted by Gasteiger charge is -2.29. The third kappa shape index (κ3) is 5.99. The van der Waals surface area contributed by atoms with Crippen molar-refractivity contribution in [1.82, 2.24) is 9.97 Å². The highest BCUT2D eigenvalue weighted by molar-refractivity contribution is 5.98. The van der Waals surface area contributed by atoms with Gasteiger partial charge in [0, 0.05) is 31.1 Å². The molecule has 0 atom stereocenters. The van der Waals surface area contributed by atoms with E-state index in [4.69, 9.17) is 24.9 Å². The minimum atomic E-state index is -0.572. The fourth-order valence-electron chi connectivity index (χ4n) is 3.99. The number of anilines is 1. The van der Waals surface area contributed by atoms with Gasteiger partial charge in [0.15, 0.2) is 0 Å². The summed E-state index contributed by atoms with van der Waals surface area (Å²) in [7, 11) is 0. The molecule has 2 fully saturated rings. The van der Waals surface area contributed by atoms with Gasteiger partial charge in [0.05, 0.1) is 29.7 Å². The molecule has 2 N–H and O–H groups in total. The molecule has 1 aliphatic heterocycles. The van der Waals surface area contributed by atoms with Crippen LogP contribution < -0.4 is 15.4 Å². The van der Waals surface area contributed by atoms with Crippen molar-refractivity contribution in [2.75, 3.05) is 31.2 Å². The van der Waals surface area contributed by atoms with Gasteiger partial charge >= 0.3 is 6.09 Å². The van der Waals surface area contributed by atoms with Crippen LogP contribution in [-0.2, 0) is 9.47 Å². The lowest BCUT2D eigenvalue weighted by molar-refractivity contribution is 0.0602. The van der Waals surface area contributed by atoms with E-state index in [9.17, 15) is 9.59 Å². The highest BCUT2D eigenvalue weighted by Gasteiger charge is 2.24.